The van der Waals surface area contributed by atoms with Crippen molar-refractivity contribution in [2.24, 2.45) is 11.8 Å². The van der Waals surface area contributed by atoms with Crippen LogP contribution >= 0.6 is 0 Å². The van der Waals surface area contributed by atoms with E-state index in [1.165, 1.54) is 18.4 Å². The molecule has 0 spiro atoms. The fourth-order valence-corrected chi connectivity index (χ4v) is 0.804. The molecule has 0 heteroatoms. The van der Waals surface area contributed by atoms with Crippen LogP contribution in [0.2, 0.25) is 0 Å². The highest BCUT2D eigenvalue weighted by Gasteiger charge is 2.03. The Bertz CT molecular complexity index is 120. The summed E-state index contributed by atoms with van der Waals surface area (Å²) in [4.78, 5) is 0. The lowest BCUT2D eigenvalue weighted by Gasteiger charge is -2.12. The van der Waals surface area contributed by atoms with Gasteiger partial charge in [-0.2, -0.15) is 0 Å². The van der Waals surface area contributed by atoms with Crippen LogP contribution in [0.1, 0.15) is 47.5 Å². The first-order chi connectivity index (χ1) is 5.07. The summed E-state index contributed by atoms with van der Waals surface area (Å²) in [6, 6.07) is 0. The van der Waals surface area contributed by atoms with Crippen molar-refractivity contribution in [1.82, 2.24) is 0 Å². The van der Waals surface area contributed by atoms with E-state index in [0.29, 0.717) is 0 Å². The second-order valence-electron chi connectivity index (χ2n) is 3.86. The van der Waals surface area contributed by atoms with Gasteiger partial charge in [0.25, 0.3) is 0 Å². The summed E-state index contributed by atoms with van der Waals surface area (Å²) >= 11 is 0. The van der Waals surface area contributed by atoms with Gasteiger partial charge in [0.05, 0.1) is 0 Å². The van der Waals surface area contributed by atoms with Crippen molar-refractivity contribution in [3.05, 3.63) is 11.6 Å². The van der Waals surface area contributed by atoms with Gasteiger partial charge in [0, 0.05) is 0 Å². The fraction of sp³-hybridized carbons (Fsp3) is 0.818. The van der Waals surface area contributed by atoms with Gasteiger partial charge in [0.1, 0.15) is 0 Å². The van der Waals surface area contributed by atoms with E-state index in [1.807, 2.05) is 0 Å². The van der Waals surface area contributed by atoms with Crippen LogP contribution in [0.3, 0.4) is 0 Å². The molecule has 0 aromatic rings. The van der Waals surface area contributed by atoms with Gasteiger partial charge in [-0.05, 0) is 31.6 Å². The maximum Gasteiger partial charge on any atom is -0.0320 e. The van der Waals surface area contributed by atoms with Crippen molar-refractivity contribution in [1.29, 1.82) is 0 Å². The zero-order valence-corrected chi connectivity index (χ0v) is 8.65. The second-order valence-corrected chi connectivity index (χ2v) is 3.86. The molecular formula is C11H22. The molecule has 0 aromatic heterocycles. The lowest BCUT2D eigenvalue weighted by Crippen LogP contribution is -2.01. The van der Waals surface area contributed by atoms with Gasteiger partial charge in [0.15, 0.2) is 0 Å². The summed E-state index contributed by atoms with van der Waals surface area (Å²) in [5.74, 6) is 1.65. The first kappa shape index (κ1) is 10.7. The number of hydrogen-bond acceptors (Lipinski definition) is 0. The summed E-state index contributed by atoms with van der Waals surface area (Å²) in [5, 5.41) is 0. The molecule has 0 heterocycles. The highest BCUT2D eigenvalue weighted by Crippen LogP contribution is 2.15. The zero-order chi connectivity index (χ0) is 8.85. The van der Waals surface area contributed by atoms with Crippen LogP contribution in [0.25, 0.3) is 0 Å². The number of rotatable bonds is 4. The molecule has 0 radical (unpaired) electrons. The molecule has 0 nitrogen and oxygen atoms in total. The predicted octanol–water partition coefficient (Wildman–Crippen LogP) is 4.02. The number of hydrogen-bond donors (Lipinski definition) is 0. The van der Waals surface area contributed by atoms with E-state index < -0.39 is 0 Å². The summed E-state index contributed by atoms with van der Waals surface area (Å²) in [5.41, 5.74) is 1.53. The van der Waals surface area contributed by atoms with Crippen molar-refractivity contribution in [2.45, 2.75) is 47.5 Å². The van der Waals surface area contributed by atoms with E-state index >= 15 is 0 Å². The molecular weight excluding hydrogens is 132 g/mol. The third kappa shape index (κ3) is 5.06. The standard InChI is InChI=1S/C11H22/c1-6-10(4)7-8-11(5)9(2)3/h7,9,11H,6,8H2,1-5H3. The highest BCUT2D eigenvalue weighted by atomic mass is 14.1. The smallest absolute Gasteiger partial charge is 0.0320 e. The molecule has 0 fully saturated rings. The Morgan fingerprint density at radius 1 is 1.27 bits per heavy atom. The third-order valence-corrected chi connectivity index (χ3v) is 2.53. The SMILES string of the molecule is CCC(C)=CCC(C)C(C)C. The van der Waals surface area contributed by atoms with Crippen LogP contribution in [0.4, 0.5) is 0 Å². The Morgan fingerprint density at radius 3 is 2.18 bits per heavy atom. The monoisotopic (exact) mass is 154 g/mol. The van der Waals surface area contributed by atoms with Gasteiger partial charge in [-0.3, -0.25) is 0 Å². The van der Waals surface area contributed by atoms with Crippen LogP contribution in [0, 0.1) is 11.8 Å². The van der Waals surface area contributed by atoms with Crippen LogP contribution in [0.15, 0.2) is 11.6 Å². The highest BCUT2D eigenvalue weighted by molar-refractivity contribution is 4.97. The van der Waals surface area contributed by atoms with Crippen molar-refractivity contribution < 1.29 is 0 Å². The molecule has 0 saturated heterocycles. The molecule has 11 heavy (non-hydrogen) atoms. The molecule has 0 aliphatic rings. The van der Waals surface area contributed by atoms with Gasteiger partial charge in [-0.25, -0.2) is 0 Å². The Morgan fingerprint density at radius 2 is 1.82 bits per heavy atom. The Balaban J connectivity index is 3.68. The first-order valence-electron chi connectivity index (χ1n) is 4.73. The summed E-state index contributed by atoms with van der Waals surface area (Å²) in [6.45, 7) is 11.3. The van der Waals surface area contributed by atoms with Crippen LogP contribution in [0.5, 0.6) is 0 Å². The molecule has 0 saturated carbocycles. The Labute approximate surface area is 71.7 Å². The van der Waals surface area contributed by atoms with Gasteiger partial charge in [-0.1, -0.05) is 39.3 Å². The molecule has 0 aliphatic heterocycles. The molecule has 0 rings (SSSR count). The second kappa shape index (κ2) is 5.40. The Hall–Kier alpha value is -0.260. The quantitative estimate of drug-likeness (QED) is 0.536. The average molecular weight is 154 g/mol. The summed E-state index contributed by atoms with van der Waals surface area (Å²) < 4.78 is 0. The van der Waals surface area contributed by atoms with Crippen LogP contribution < -0.4 is 0 Å². The van der Waals surface area contributed by atoms with Crippen molar-refractivity contribution in [2.75, 3.05) is 0 Å². The molecule has 1 unspecified atom stereocenters. The van der Waals surface area contributed by atoms with Crippen molar-refractivity contribution >= 4 is 0 Å². The van der Waals surface area contributed by atoms with Crippen molar-refractivity contribution in [3.8, 4) is 0 Å². The summed E-state index contributed by atoms with van der Waals surface area (Å²) in [7, 11) is 0. The maximum atomic E-state index is 2.38. The Kier molecular flexibility index (Phi) is 5.27. The molecule has 0 aromatic carbocycles. The van der Waals surface area contributed by atoms with E-state index in [-0.39, 0.29) is 0 Å². The molecule has 0 amide bonds. The summed E-state index contributed by atoms with van der Waals surface area (Å²) in [6.07, 6.45) is 4.83. The van der Waals surface area contributed by atoms with E-state index in [2.05, 4.69) is 40.7 Å². The molecule has 0 bridgehead atoms. The topological polar surface area (TPSA) is 0 Å². The predicted molar refractivity (Wildman–Crippen MR) is 52.7 cm³/mol. The van der Waals surface area contributed by atoms with Gasteiger partial charge < -0.3 is 0 Å². The third-order valence-electron chi connectivity index (χ3n) is 2.53. The average Bonchev–Trinajstić information content (AvgIpc) is 1.99. The minimum Gasteiger partial charge on any atom is -0.0853 e. The molecule has 1 atom stereocenters. The van der Waals surface area contributed by atoms with E-state index in [9.17, 15) is 0 Å². The van der Waals surface area contributed by atoms with Crippen LogP contribution in [-0.2, 0) is 0 Å². The van der Waals surface area contributed by atoms with E-state index in [0.717, 1.165) is 11.8 Å². The van der Waals surface area contributed by atoms with E-state index in [1.54, 1.807) is 0 Å². The van der Waals surface area contributed by atoms with E-state index in [4.69, 9.17) is 0 Å². The first-order valence-corrected chi connectivity index (χ1v) is 4.73. The largest absolute Gasteiger partial charge is 0.0853 e. The van der Waals surface area contributed by atoms with Crippen LogP contribution in [-0.4, -0.2) is 0 Å². The van der Waals surface area contributed by atoms with Crippen molar-refractivity contribution in [3.63, 3.8) is 0 Å². The molecule has 0 N–H and O–H groups in total. The normalized spacial score (nSPS) is 15.6. The maximum absolute atomic E-state index is 2.38. The fourth-order valence-electron chi connectivity index (χ4n) is 0.804. The molecule has 66 valence electrons. The number of allylic oxidation sites excluding steroid dienone is 2. The minimum atomic E-state index is 0.816. The lowest BCUT2D eigenvalue weighted by molar-refractivity contribution is 0.423. The zero-order valence-electron chi connectivity index (χ0n) is 8.65. The van der Waals surface area contributed by atoms with Gasteiger partial charge in [0.2, 0.25) is 0 Å². The van der Waals surface area contributed by atoms with Gasteiger partial charge in [-0.15, -0.1) is 0 Å². The van der Waals surface area contributed by atoms with Gasteiger partial charge >= 0.3 is 0 Å². The lowest BCUT2D eigenvalue weighted by atomic mass is 9.94. The minimum absolute atomic E-state index is 0.816. The molecule has 0 aliphatic carbocycles.